The summed E-state index contributed by atoms with van der Waals surface area (Å²) in [5.74, 6) is 0. The van der Waals surface area contributed by atoms with Crippen molar-refractivity contribution < 1.29 is 4.79 Å². The van der Waals surface area contributed by atoms with Crippen LogP contribution in [0.15, 0.2) is 11.1 Å². The molecule has 68 valence electrons. The van der Waals surface area contributed by atoms with Crippen molar-refractivity contribution in [1.82, 2.24) is 0 Å². The van der Waals surface area contributed by atoms with Crippen LogP contribution in [0, 0.1) is 0 Å². The Kier molecular flexibility index (Phi) is 2.30. The van der Waals surface area contributed by atoms with Crippen molar-refractivity contribution in [2.75, 3.05) is 0 Å². The Hall–Kier alpha value is -0.920. The quantitative estimate of drug-likeness (QED) is 0.524. The molecular formula is C10H11NOS. The predicted octanol–water partition coefficient (Wildman–Crippen LogP) is 2.63. The summed E-state index contributed by atoms with van der Waals surface area (Å²) in [6.07, 6.45) is 5.30. The molecule has 0 bridgehead atoms. The fourth-order valence-corrected chi connectivity index (χ4v) is 2.95. The van der Waals surface area contributed by atoms with Crippen LogP contribution in [0.3, 0.4) is 0 Å². The fourth-order valence-electron chi connectivity index (χ4n) is 1.70. The summed E-state index contributed by atoms with van der Waals surface area (Å²) >= 11 is 1.80. The summed E-state index contributed by atoms with van der Waals surface area (Å²) < 4.78 is 0. The minimum Gasteiger partial charge on any atom is -0.211 e. The molecule has 1 heterocycles. The van der Waals surface area contributed by atoms with Gasteiger partial charge >= 0.3 is 0 Å². The number of isocyanates is 1. The molecule has 0 amide bonds. The van der Waals surface area contributed by atoms with Gasteiger partial charge in [-0.15, -0.1) is 11.3 Å². The number of aliphatic imine (C=N–C) groups is 1. The highest BCUT2D eigenvalue weighted by atomic mass is 32.1. The van der Waals surface area contributed by atoms with Gasteiger partial charge in [0.25, 0.3) is 0 Å². The summed E-state index contributed by atoms with van der Waals surface area (Å²) in [5.41, 5.74) is 1.47. The third kappa shape index (κ3) is 1.58. The van der Waals surface area contributed by atoms with Gasteiger partial charge in [0.1, 0.15) is 0 Å². The van der Waals surface area contributed by atoms with Gasteiger partial charge in [0, 0.05) is 9.75 Å². The maximum atomic E-state index is 10.1. The highest BCUT2D eigenvalue weighted by molar-refractivity contribution is 7.12. The van der Waals surface area contributed by atoms with Gasteiger partial charge in [-0.3, -0.25) is 0 Å². The van der Waals surface area contributed by atoms with Gasteiger partial charge < -0.3 is 0 Å². The van der Waals surface area contributed by atoms with Crippen molar-refractivity contribution in [2.24, 2.45) is 4.99 Å². The van der Waals surface area contributed by atoms with Crippen LogP contribution in [-0.4, -0.2) is 6.08 Å². The van der Waals surface area contributed by atoms with E-state index in [4.69, 9.17) is 0 Å². The fraction of sp³-hybridized carbons (Fsp3) is 0.500. The number of aryl methyl sites for hydroxylation is 2. The van der Waals surface area contributed by atoms with Crippen molar-refractivity contribution in [3.63, 3.8) is 0 Å². The van der Waals surface area contributed by atoms with Crippen molar-refractivity contribution in [3.8, 4) is 0 Å². The number of nitrogens with zero attached hydrogens (tertiary/aromatic N) is 1. The average molecular weight is 193 g/mol. The van der Waals surface area contributed by atoms with E-state index in [1.165, 1.54) is 34.6 Å². The lowest BCUT2D eigenvalue weighted by molar-refractivity contribution is 0.560. The van der Waals surface area contributed by atoms with E-state index in [1.807, 2.05) is 6.92 Å². The lowest BCUT2D eigenvalue weighted by Crippen LogP contribution is -1.83. The van der Waals surface area contributed by atoms with Crippen LogP contribution < -0.4 is 0 Å². The number of hydrogen-bond donors (Lipinski definition) is 0. The molecule has 0 saturated carbocycles. The largest absolute Gasteiger partial charge is 0.235 e. The number of hydrogen-bond acceptors (Lipinski definition) is 3. The van der Waals surface area contributed by atoms with E-state index >= 15 is 0 Å². The molecule has 1 aromatic rings. The first-order valence-corrected chi connectivity index (χ1v) is 5.31. The molecule has 13 heavy (non-hydrogen) atoms. The van der Waals surface area contributed by atoms with Crippen LogP contribution in [0.2, 0.25) is 0 Å². The normalized spacial score (nSPS) is 16.4. The Morgan fingerprint density at radius 3 is 3.15 bits per heavy atom. The highest BCUT2D eigenvalue weighted by Crippen LogP contribution is 2.34. The van der Waals surface area contributed by atoms with Crippen molar-refractivity contribution >= 4 is 17.4 Å². The second-order valence-corrected chi connectivity index (χ2v) is 4.52. The second-order valence-electron chi connectivity index (χ2n) is 3.35. The van der Waals surface area contributed by atoms with Crippen LogP contribution in [0.25, 0.3) is 0 Å². The van der Waals surface area contributed by atoms with Crippen molar-refractivity contribution in [1.29, 1.82) is 0 Å². The van der Waals surface area contributed by atoms with Gasteiger partial charge in [-0.25, -0.2) is 4.79 Å². The molecule has 1 atom stereocenters. The molecule has 2 rings (SSSR count). The van der Waals surface area contributed by atoms with Crippen LogP contribution in [0.5, 0.6) is 0 Å². The molecular weight excluding hydrogens is 182 g/mol. The topological polar surface area (TPSA) is 29.4 Å². The minimum absolute atomic E-state index is 0.00639. The first-order valence-electron chi connectivity index (χ1n) is 4.49. The van der Waals surface area contributed by atoms with E-state index in [9.17, 15) is 4.79 Å². The Balaban J connectivity index is 2.27. The maximum absolute atomic E-state index is 10.1. The van der Waals surface area contributed by atoms with E-state index in [0.717, 1.165) is 0 Å². The summed E-state index contributed by atoms with van der Waals surface area (Å²) in [6.45, 7) is 1.94. The molecule has 1 aromatic heterocycles. The third-order valence-corrected chi connectivity index (χ3v) is 3.83. The maximum Gasteiger partial charge on any atom is 0.235 e. The van der Waals surface area contributed by atoms with E-state index in [-0.39, 0.29) is 6.04 Å². The highest BCUT2D eigenvalue weighted by Gasteiger charge is 2.17. The summed E-state index contributed by atoms with van der Waals surface area (Å²) in [5, 5.41) is 0. The molecule has 0 aromatic carbocycles. The Labute approximate surface area is 81.3 Å². The van der Waals surface area contributed by atoms with Crippen LogP contribution in [0.4, 0.5) is 0 Å². The van der Waals surface area contributed by atoms with Gasteiger partial charge in [0.15, 0.2) is 0 Å². The Bertz CT molecular complexity index is 342. The zero-order valence-electron chi connectivity index (χ0n) is 7.54. The molecule has 0 aliphatic heterocycles. The minimum atomic E-state index is -0.00639. The predicted molar refractivity (Wildman–Crippen MR) is 52.9 cm³/mol. The lowest BCUT2D eigenvalue weighted by Gasteiger charge is -1.98. The molecule has 1 unspecified atom stereocenters. The van der Waals surface area contributed by atoms with Gasteiger partial charge in [-0.05, 0) is 37.8 Å². The number of rotatable bonds is 2. The van der Waals surface area contributed by atoms with Crippen LogP contribution in [0.1, 0.15) is 34.7 Å². The monoisotopic (exact) mass is 193 g/mol. The molecule has 1 aliphatic carbocycles. The average Bonchev–Trinajstić information content (AvgIpc) is 2.61. The second kappa shape index (κ2) is 3.44. The lowest BCUT2D eigenvalue weighted by atomic mass is 10.2. The Morgan fingerprint density at radius 1 is 1.62 bits per heavy atom. The van der Waals surface area contributed by atoms with E-state index in [2.05, 4.69) is 11.1 Å². The van der Waals surface area contributed by atoms with E-state index in [1.54, 1.807) is 17.4 Å². The summed E-state index contributed by atoms with van der Waals surface area (Å²) in [4.78, 5) is 16.5. The Morgan fingerprint density at radius 2 is 2.46 bits per heavy atom. The molecule has 0 saturated heterocycles. The van der Waals surface area contributed by atoms with Crippen molar-refractivity contribution in [3.05, 3.63) is 21.4 Å². The summed E-state index contributed by atoms with van der Waals surface area (Å²) in [7, 11) is 0. The van der Waals surface area contributed by atoms with Gasteiger partial charge in [0.2, 0.25) is 6.08 Å². The molecule has 0 fully saturated rings. The number of thiophene rings is 1. The van der Waals surface area contributed by atoms with Crippen LogP contribution >= 0.6 is 11.3 Å². The molecule has 0 radical (unpaired) electrons. The molecule has 0 spiro atoms. The van der Waals surface area contributed by atoms with E-state index < -0.39 is 0 Å². The molecule has 3 heteroatoms. The molecule has 2 nitrogen and oxygen atoms in total. The van der Waals surface area contributed by atoms with Gasteiger partial charge in [0.05, 0.1) is 6.04 Å². The van der Waals surface area contributed by atoms with E-state index in [0.29, 0.717) is 0 Å². The zero-order valence-corrected chi connectivity index (χ0v) is 8.36. The SMILES string of the molecule is CC(N=C=O)c1cc2c(s1)CCC2. The summed E-state index contributed by atoms with van der Waals surface area (Å²) in [6, 6.07) is 2.19. The van der Waals surface area contributed by atoms with Crippen molar-refractivity contribution in [2.45, 2.75) is 32.2 Å². The molecule has 1 aliphatic rings. The standard InChI is InChI=1S/C10H11NOS/c1-7(11-6-12)10-5-8-3-2-4-9(8)13-10/h5,7H,2-4H2,1H3. The smallest absolute Gasteiger partial charge is 0.211 e. The third-order valence-electron chi connectivity index (χ3n) is 2.42. The number of fused-ring (bicyclic) bond motifs is 1. The number of carbonyl (C=O) groups excluding carboxylic acids is 1. The van der Waals surface area contributed by atoms with Crippen LogP contribution in [-0.2, 0) is 17.6 Å². The first-order chi connectivity index (χ1) is 6.31. The van der Waals surface area contributed by atoms with Gasteiger partial charge in [-0.2, -0.15) is 4.99 Å². The first kappa shape index (κ1) is 8.67. The molecule has 0 N–H and O–H groups in total. The zero-order chi connectivity index (χ0) is 9.26. The van der Waals surface area contributed by atoms with Gasteiger partial charge in [-0.1, -0.05) is 0 Å².